The first-order chi connectivity index (χ1) is 4.23. The molecule has 3 heteroatoms. The van der Waals surface area contributed by atoms with Crippen molar-refractivity contribution < 1.29 is 8.85 Å². The molecule has 0 aromatic rings. The van der Waals surface area contributed by atoms with Gasteiger partial charge in [-0.1, -0.05) is 6.92 Å². The average Bonchev–Trinajstić information content (AvgIpc) is 2.52. The Labute approximate surface area is 58.0 Å². The van der Waals surface area contributed by atoms with E-state index in [4.69, 9.17) is 8.85 Å². The second-order valence-electron chi connectivity index (χ2n) is 2.96. The van der Waals surface area contributed by atoms with Crippen molar-refractivity contribution >= 4 is 9.28 Å². The monoisotopic (exact) mass is 146 g/mol. The Hall–Kier alpha value is 0.137. The Balaban J connectivity index is 2.37. The molecule has 0 aromatic carbocycles. The summed E-state index contributed by atoms with van der Waals surface area (Å²) in [4.78, 5) is 0. The van der Waals surface area contributed by atoms with Gasteiger partial charge >= 0.3 is 9.28 Å². The predicted molar refractivity (Wildman–Crippen MR) is 38.8 cm³/mol. The third-order valence-corrected chi connectivity index (χ3v) is 4.61. The van der Waals surface area contributed by atoms with Gasteiger partial charge in [-0.25, -0.2) is 0 Å². The molecule has 0 unspecified atom stereocenters. The van der Waals surface area contributed by atoms with Crippen LogP contribution in [0.2, 0.25) is 5.04 Å². The highest BCUT2D eigenvalue weighted by Crippen LogP contribution is 2.55. The first-order valence-electron chi connectivity index (χ1n) is 3.28. The first-order valence-corrected chi connectivity index (χ1v) is 4.80. The Bertz CT molecular complexity index is 97.2. The maximum absolute atomic E-state index is 5.24. The molecule has 0 aromatic heterocycles. The van der Waals surface area contributed by atoms with Crippen molar-refractivity contribution in [2.75, 3.05) is 14.2 Å². The van der Waals surface area contributed by atoms with Crippen molar-refractivity contribution in [3.05, 3.63) is 0 Å². The van der Waals surface area contributed by atoms with Gasteiger partial charge in [0.1, 0.15) is 0 Å². The van der Waals surface area contributed by atoms with Crippen LogP contribution < -0.4 is 0 Å². The van der Waals surface area contributed by atoms with Crippen molar-refractivity contribution in [1.82, 2.24) is 0 Å². The van der Waals surface area contributed by atoms with E-state index in [9.17, 15) is 0 Å². The highest BCUT2D eigenvalue weighted by molar-refractivity contribution is 6.49. The molecule has 54 valence electrons. The smallest absolute Gasteiger partial charge is 0.327 e. The molecule has 1 aliphatic carbocycles. The largest absolute Gasteiger partial charge is 0.400 e. The van der Waals surface area contributed by atoms with E-state index in [0.29, 0.717) is 5.04 Å². The predicted octanol–water partition coefficient (Wildman–Crippen LogP) is 1.05. The molecule has 0 amide bonds. The zero-order chi connectivity index (χ0) is 6.91. The Morgan fingerprint density at radius 1 is 1.22 bits per heavy atom. The molecule has 1 saturated carbocycles. The van der Waals surface area contributed by atoms with E-state index in [1.807, 2.05) is 0 Å². The minimum absolute atomic E-state index is 0.462. The summed E-state index contributed by atoms with van der Waals surface area (Å²) in [5.74, 6) is 0. The molecule has 0 spiro atoms. The van der Waals surface area contributed by atoms with Crippen LogP contribution in [0.4, 0.5) is 0 Å². The van der Waals surface area contributed by atoms with Crippen molar-refractivity contribution in [1.29, 1.82) is 0 Å². The van der Waals surface area contributed by atoms with Gasteiger partial charge in [-0.15, -0.1) is 0 Å². The molecule has 0 bridgehead atoms. The third-order valence-electron chi connectivity index (χ3n) is 2.04. The van der Waals surface area contributed by atoms with Crippen LogP contribution in [-0.4, -0.2) is 23.5 Å². The van der Waals surface area contributed by atoms with E-state index in [-0.39, 0.29) is 0 Å². The SMILES string of the molecule is CO[SiH](OC)C1(C)CC1. The van der Waals surface area contributed by atoms with Crippen LogP contribution in [0, 0.1) is 0 Å². The maximum atomic E-state index is 5.24. The molecular weight excluding hydrogens is 132 g/mol. The molecule has 0 heterocycles. The second kappa shape index (κ2) is 2.40. The van der Waals surface area contributed by atoms with Gasteiger partial charge in [0.2, 0.25) is 0 Å². The van der Waals surface area contributed by atoms with Gasteiger partial charge in [0.25, 0.3) is 0 Å². The van der Waals surface area contributed by atoms with Crippen LogP contribution in [-0.2, 0) is 8.85 Å². The van der Waals surface area contributed by atoms with Gasteiger partial charge in [-0.05, 0) is 12.8 Å². The Morgan fingerprint density at radius 2 is 1.67 bits per heavy atom. The standard InChI is InChI=1S/C6H14O2Si/c1-6(4-5-6)9(7-2)8-3/h9H,4-5H2,1-3H3. The second-order valence-corrected chi connectivity index (χ2v) is 5.96. The lowest BCUT2D eigenvalue weighted by Gasteiger charge is -2.16. The summed E-state index contributed by atoms with van der Waals surface area (Å²) in [6, 6.07) is 0. The molecule has 0 atom stereocenters. The summed E-state index contributed by atoms with van der Waals surface area (Å²) in [6.07, 6.45) is 2.59. The fraction of sp³-hybridized carbons (Fsp3) is 1.00. The van der Waals surface area contributed by atoms with Crippen molar-refractivity contribution in [3.8, 4) is 0 Å². The topological polar surface area (TPSA) is 18.5 Å². The minimum atomic E-state index is -1.27. The summed E-state index contributed by atoms with van der Waals surface area (Å²) in [5, 5.41) is 0.462. The first kappa shape index (κ1) is 7.25. The molecule has 1 aliphatic rings. The maximum Gasteiger partial charge on any atom is 0.327 e. The van der Waals surface area contributed by atoms with Crippen molar-refractivity contribution in [3.63, 3.8) is 0 Å². The number of rotatable bonds is 3. The molecule has 1 rings (SSSR count). The van der Waals surface area contributed by atoms with Crippen LogP contribution in [0.3, 0.4) is 0 Å². The summed E-state index contributed by atoms with van der Waals surface area (Å²) < 4.78 is 10.5. The molecule has 2 nitrogen and oxygen atoms in total. The molecule has 0 saturated heterocycles. The highest BCUT2D eigenvalue weighted by atomic mass is 28.3. The fourth-order valence-corrected chi connectivity index (χ4v) is 3.04. The minimum Gasteiger partial charge on any atom is -0.400 e. The summed E-state index contributed by atoms with van der Waals surface area (Å²) in [5.41, 5.74) is 0. The lowest BCUT2D eigenvalue weighted by Crippen LogP contribution is -2.25. The normalized spacial score (nSPS) is 22.7. The van der Waals surface area contributed by atoms with E-state index >= 15 is 0 Å². The highest BCUT2D eigenvalue weighted by Gasteiger charge is 2.48. The molecular formula is C6H14O2Si. The van der Waals surface area contributed by atoms with Crippen LogP contribution in [0.15, 0.2) is 0 Å². The van der Waals surface area contributed by atoms with Crippen LogP contribution in [0.25, 0.3) is 0 Å². The molecule has 9 heavy (non-hydrogen) atoms. The molecule has 0 aliphatic heterocycles. The van der Waals surface area contributed by atoms with Gasteiger partial charge in [-0.3, -0.25) is 0 Å². The van der Waals surface area contributed by atoms with Gasteiger partial charge in [-0.2, -0.15) is 0 Å². The van der Waals surface area contributed by atoms with Crippen molar-refractivity contribution in [2.24, 2.45) is 0 Å². The lowest BCUT2D eigenvalue weighted by atomic mass is 10.5. The van der Waals surface area contributed by atoms with Crippen LogP contribution >= 0.6 is 0 Å². The fourth-order valence-electron chi connectivity index (χ4n) is 1.10. The zero-order valence-corrected chi connectivity index (χ0v) is 7.46. The van der Waals surface area contributed by atoms with Gasteiger partial charge in [0.15, 0.2) is 0 Å². The summed E-state index contributed by atoms with van der Waals surface area (Å²) >= 11 is 0. The van der Waals surface area contributed by atoms with E-state index in [1.54, 1.807) is 14.2 Å². The Kier molecular flexibility index (Phi) is 1.93. The number of hydrogen-bond donors (Lipinski definition) is 0. The third kappa shape index (κ3) is 1.34. The van der Waals surface area contributed by atoms with E-state index < -0.39 is 9.28 Å². The van der Waals surface area contributed by atoms with E-state index in [2.05, 4.69) is 6.92 Å². The molecule has 0 N–H and O–H groups in total. The lowest BCUT2D eigenvalue weighted by molar-refractivity contribution is 0.264. The Morgan fingerprint density at radius 3 is 1.78 bits per heavy atom. The van der Waals surface area contributed by atoms with Crippen LogP contribution in [0.1, 0.15) is 19.8 Å². The average molecular weight is 146 g/mol. The van der Waals surface area contributed by atoms with Crippen molar-refractivity contribution in [2.45, 2.75) is 24.8 Å². The zero-order valence-electron chi connectivity index (χ0n) is 6.31. The van der Waals surface area contributed by atoms with Gasteiger partial charge in [0, 0.05) is 19.3 Å². The van der Waals surface area contributed by atoms with Crippen LogP contribution in [0.5, 0.6) is 0 Å². The van der Waals surface area contributed by atoms with Gasteiger partial charge in [0.05, 0.1) is 0 Å². The molecule has 0 radical (unpaired) electrons. The van der Waals surface area contributed by atoms with Gasteiger partial charge < -0.3 is 8.85 Å². The molecule has 1 fully saturated rings. The number of hydrogen-bond acceptors (Lipinski definition) is 2. The quantitative estimate of drug-likeness (QED) is 0.554. The summed E-state index contributed by atoms with van der Waals surface area (Å²) in [6.45, 7) is 2.25. The summed E-state index contributed by atoms with van der Waals surface area (Å²) in [7, 11) is 2.24. The van der Waals surface area contributed by atoms with E-state index in [1.165, 1.54) is 12.8 Å². The van der Waals surface area contributed by atoms with E-state index in [0.717, 1.165) is 0 Å².